The summed E-state index contributed by atoms with van der Waals surface area (Å²) in [4.78, 5) is 0. The minimum absolute atomic E-state index is 0.135. The Morgan fingerprint density at radius 1 is 1.33 bits per heavy atom. The molecule has 1 aliphatic carbocycles. The second kappa shape index (κ2) is 5.92. The zero-order chi connectivity index (χ0) is 15.8. The number of hydrogen-bond acceptors (Lipinski definition) is 2. The fraction of sp³-hybridized carbons (Fsp3) is 0.824. The minimum Gasteiger partial charge on any atom is -0.325 e. The molecule has 0 bridgehead atoms. The largest absolute Gasteiger partial charge is 0.325 e. The van der Waals surface area contributed by atoms with Crippen molar-refractivity contribution in [1.82, 2.24) is 9.78 Å². The fourth-order valence-corrected chi connectivity index (χ4v) is 3.91. The summed E-state index contributed by atoms with van der Waals surface area (Å²) in [6, 6.07) is 0. The summed E-state index contributed by atoms with van der Waals surface area (Å²) in [6.45, 7) is 9.01. The van der Waals surface area contributed by atoms with Gasteiger partial charge in [0.05, 0.1) is 16.4 Å². The van der Waals surface area contributed by atoms with E-state index in [4.69, 9.17) is 17.3 Å². The van der Waals surface area contributed by atoms with Crippen LogP contribution in [0, 0.1) is 18.3 Å². The maximum Gasteiger partial charge on any atom is 0.0847 e. The fourth-order valence-electron chi connectivity index (χ4n) is 3.68. The van der Waals surface area contributed by atoms with E-state index in [1.54, 1.807) is 0 Å². The van der Waals surface area contributed by atoms with Gasteiger partial charge in [0.1, 0.15) is 0 Å². The van der Waals surface area contributed by atoms with Crippen LogP contribution in [0.2, 0.25) is 5.02 Å². The van der Waals surface area contributed by atoms with Gasteiger partial charge in [0.15, 0.2) is 0 Å². The molecule has 0 amide bonds. The molecule has 0 saturated heterocycles. The topological polar surface area (TPSA) is 43.8 Å². The van der Waals surface area contributed by atoms with Gasteiger partial charge < -0.3 is 5.73 Å². The van der Waals surface area contributed by atoms with E-state index >= 15 is 0 Å². The number of aryl methyl sites for hydroxylation is 2. The maximum absolute atomic E-state index is 6.74. The first kappa shape index (κ1) is 16.8. The lowest BCUT2D eigenvalue weighted by Crippen LogP contribution is -2.42. The molecular weight excluding hydrogens is 282 g/mol. The van der Waals surface area contributed by atoms with Gasteiger partial charge in [-0.2, -0.15) is 5.10 Å². The van der Waals surface area contributed by atoms with E-state index in [0.29, 0.717) is 5.41 Å². The Morgan fingerprint density at radius 2 is 2.00 bits per heavy atom. The summed E-state index contributed by atoms with van der Waals surface area (Å²) >= 11 is 6.40. The molecule has 1 fully saturated rings. The first-order valence-electron chi connectivity index (χ1n) is 8.09. The zero-order valence-electron chi connectivity index (χ0n) is 14.2. The highest BCUT2D eigenvalue weighted by Crippen LogP contribution is 2.40. The Kier molecular flexibility index (Phi) is 4.75. The van der Waals surface area contributed by atoms with Gasteiger partial charge in [-0.1, -0.05) is 38.8 Å². The van der Waals surface area contributed by atoms with Crippen LogP contribution in [-0.2, 0) is 13.5 Å². The number of hydrogen-bond donors (Lipinski definition) is 1. The smallest absolute Gasteiger partial charge is 0.0847 e. The van der Waals surface area contributed by atoms with Gasteiger partial charge in [-0.05, 0) is 43.9 Å². The number of nitrogens with two attached hydrogens (primary N) is 1. The molecule has 120 valence electrons. The predicted octanol–water partition coefficient (Wildman–Crippen LogP) is 4.25. The van der Waals surface area contributed by atoms with Crippen molar-refractivity contribution in [1.29, 1.82) is 0 Å². The van der Waals surface area contributed by atoms with Crippen LogP contribution in [0.1, 0.15) is 64.3 Å². The number of nitrogens with zero attached hydrogens (tertiary/aromatic N) is 2. The average molecular weight is 312 g/mol. The van der Waals surface area contributed by atoms with Gasteiger partial charge in [0, 0.05) is 19.0 Å². The normalized spacial score (nSPS) is 27.7. The highest BCUT2D eigenvalue weighted by Gasteiger charge is 2.35. The van der Waals surface area contributed by atoms with Crippen LogP contribution in [-0.4, -0.2) is 15.3 Å². The lowest BCUT2D eigenvalue weighted by atomic mass is 9.76. The van der Waals surface area contributed by atoms with Gasteiger partial charge in [0.25, 0.3) is 0 Å². The molecule has 0 aromatic carbocycles. The van der Waals surface area contributed by atoms with E-state index in [0.717, 1.165) is 41.6 Å². The van der Waals surface area contributed by atoms with Crippen molar-refractivity contribution in [2.45, 2.75) is 71.8 Å². The van der Waals surface area contributed by atoms with Crippen LogP contribution in [0.25, 0.3) is 0 Å². The van der Waals surface area contributed by atoms with Crippen molar-refractivity contribution < 1.29 is 0 Å². The van der Waals surface area contributed by atoms with Crippen LogP contribution in [0.5, 0.6) is 0 Å². The van der Waals surface area contributed by atoms with Crippen LogP contribution in [0.3, 0.4) is 0 Å². The Labute approximate surface area is 134 Å². The Balaban J connectivity index is 2.12. The van der Waals surface area contributed by atoms with E-state index in [1.807, 2.05) is 18.7 Å². The van der Waals surface area contributed by atoms with Gasteiger partial charge in [-0.25, -0.2) is 0 Å². The molecule has 1 saturated carbocycles. The van der Waals surface area contributed by atoms with Gasteiger partial charge in [0.2, 0.25) is 0 Å². The molecule has 2 N–H and O–H groups in total. The van der Waals surface area contributed by atoms with Crippen molar-refractivity contribution in [2.75, 3.05) is 0 Å². The van der Waals surface area contributed by atoms with Gasteiger partial charge >= 0.3 is 0 Å². The molecule has 1 aromatic heterocycles. The highest BCUT2D eigenvalue weighted by atomic mass is 35.5. The Morgan fingerprint density at radius 3 is 2.52 bits per heavy atom. The van der Waals surface area contributed by atoms with E-state index < -0.39 is 0 Å². The molecule has 0 radical (unpaired) electrons. The van der Waals surface area contributed by atoms with Gasteiger partial charge in [-0.3, -0.25) is 4.68 Å². The SMILES string of the molecule is Cc1nn(C)c(CC2(N)CCCC(C(C)(C)C)CC2)c1Cl. The van der Waals surface area contributed by atoms with E-state index in [2.05, 4.69) is 25.9 Å². The number of halogens is 1. The van der Waals surface area contributed by atoms with Crippen molar-refractivity contribution in [3.63, 3.8) is 0 Å². The third-order valence-electron chi connectivity index (χ3n) is 5.22. The standard InChI is InChI=1S/C17H30ClN3/c1-12-15(18)14(21(5)20-12)11-17(19)9-6-7-13(8-10-17)16(2,3)4/h13H,6-11,19H2,1-5H3. The molecule has 0 aliphatic heterocycles. The Hall–Kier alpha value is -0.540. The van der Waals surface area contributed by atoms with Crippen LogP contribution in [0.4, 0.5) is 0 Å². The second-order valence-electron chi connectivity index (χ2n) is 8.00. The van der Waals surface area contributed by atoms with Crippen molar-refractivity contribution >= 4 is 11.6 Å². The Bertz CT molecular complexity index is 501. The molecule has 1 heterocycles. The molecule has 2 atom stereocenters. The lowest BCUT2D eigenvalue weighted by Gasteiger charge is -2.31. The molecule has 21 heavy (non-hydrogen) atoms. The van der Waals surface area contributed by atoms with Crippen LogP contribution >= 0.6 is 11.6 Å². The number of aromatic nitrogens is 2. The molecular formula is C17H30ClN3. The van der Waals surface area contributed by atoms with Crippen molar-refractivity contribution in [3.8, 4) is 0 Å². The highest BCUT2D eigenvalue weighted by molar-refractivity contribution is 6.31. The molecule has 2 unspecified atom stereocenters. The summed E-state index contributed by atoms with van der Waals surface area (Å²) < 4.78 is 1.90. The molecule has 1 aromatic rings. The first-order chi connectivity index (χ1) is 9.62. The third-order valence-corrected chi connectivity index (χ3v) is 5.72. The lowest BCUT2D eigenvalue weighted by molar-refractivity contribution is 0.210. The summed E-state index contributed by atoms with van der Waals surface area (Å²) in [6.07, 6.45) is 6.72. The van der Waals surface area contributed by atoms with Crippen LogP contribution < -0.4 is 5.73 Å². The summed E-state index contributed by atoms with van der Waals surface area (Å²) in [7, 11) is 1.96. The summed E-state index contributed by atoms with van der Waals surface area (Å²) in [5.74, 6) is 0.770. The third kappa shape index (κ3) is 3.81. The molecule has 3 nitrogen and oxygen atoms in total. The minimum atomic E-state index is -0.135. The van der Waals surface area contributed by atoms with E-state index in [-0.39, 0.29) is 5.54 Å². The molecule has 2 rings (SSSR count). The van der Waals surface area contributed by atoms with Crippen molar-refractivity contribution in [3.05, 3.63) is 16.4 Å². The zero-order valence-corrected chi connectivity index (χ0v) is 14.9. The van der Waals surface area contributed by atoms with Crippen molar-refractivity contribution in [2.24, 2.45) is 24.1 Å². The molecule has 1 aliphatic rings. The summed E-state index contributed by atoms with van der Waals surface area (Å²) in [5.41, 5.74) is 8.98. The maximum atomic E-state index is 6.74. The summed E-state index contributed by atoms with van der Waals surface area (Å²) in [5, 5.41) is 5.20. The van der Waals surface area contributed by atoms with Gasteiger partial charge in [-0.15, -0.1) is 0 Å². The second-order valence-corrected chi connectivity index (χ2v) is 8.38. The quantitative estimate of drug-likeness (QED) is 0.830. The monoisotopic (exact) mass is 311 g/mol. The van der Waals surface area contributed by atoms with Crippen LogP contribution in [0.15, 0.2) is 0 Å². The predicted molar refractivity (Wildman–Crippen MR) is 89.6 cm³/mol. The van der Waals surface area contributed by atoms with E-state index in [9.17, 15) is 0 Å². The number of rotatable bonds is 2. The molecule has 0 spiro atoms. The van der Waals surface area contributed by atoms with E-state index in [1.165, 1.54) is 19.3 Å². The molecule has 4 heteroatoms. The average Bonchev–Trinajstić information content (AvgIpc) is 2.56. The first-order valence-corrected chi connectivity index (χ1v) is 8.47.